The summed E-state index contributed by atoms with van der Waals surface area (Å²) in [6.45, 7) is 3.43. The topological polar surface area (TPSA) is 129 Å². The molecule has 0 spiro atoms. The summed E-state index contributed by atoms with van der Waals surface area (Å²) in [5, 5.41) is 10.6. The molecule has 5 heterocycles. The number of hydrogen-bond acceptors (Lipinski definition) is 8. The highest BCUT2D eigenvalue weighted by Gasteiger charge is 2.39. The fourth-order valence-electron chi connectivity index (χ4n) is 4.03. The van der Waals surface area contributed by atoms with Gasteiger partial charge < -0.3 is 9.64 Å². The number of urea groups is 1. The maximum atomic E-state index is 13.3. The van der Waals surface area contributed by atoms with E-state index in [1.807, 2.05) is 19.1 Å². The highest BCUT2D eigenvalue weighted by molar-refractivity contribution is 6.07. The summed E-state index contributed by atoms with van der Waals surface area (Å²) < 4.78 is 4.74. The van der Waals surface area contributed by atoms with E-state index in [1.54, 1.807) is 11.1 Å². The summed E-state index contributed by atoms with van der Waals surface area (Å²) in [6, 6.07) is 3.28. The first-order chi connectivity index (χ1) is 14.5. The van der Waals surface area contributed by atoms with Gasteiger partial charge in [0.15, 0.2) is 17.3 Å². The Hall–Kier alpha value is -3.76. The number of carbonyl (C=O) groups excluding carboxylic acids is 2. The molecule has 2 amide bonds. The Morgan fingerprint density at radius 1 is 1.30 bits per heavy atom. The zero-order valence-corrected chi connectivity index (χ0v) is 16.5. The molecule has 2 bridgehead atoms. The Morgan fingerprint density at radius 3 is 3.00 bits per heavy atom. The first-order valence-electron chi connectivity index (χ1n) is 9.67. The van der Waals surface area contributed by atoms with Crippen molar-refractivity contribution in [2.24, 2.45) is 0 Å². The van der Waals surface area contributed by atoms with Crippen molar-refractivity contribution in [1.82, 2.24) is 25.1 Å². The molecule has 2 aliphatic heterocycles. The second kappa shape index (κ2) is 6.94. The molecule has 2 aliphatic rings. The number of esters is 1. The van der Waals surface area contributed by atoms with Crippen molar-refractivity contribution in [1.29, 1.82) is 0 Å². The molecule has 0 radical (unpaired) electrons. The number of anilines is 3. The number of pyridine rings is 1. The Labute approximate surface area is 171 Å². The fraction of sp³-hybridized carbons (Fsp3) is 0.368. The summed E-state index contributed by atoms with van der Waals surface area (Å²) >= 11 is 0. The van der Waals surface area contributed by atoms with Crippen LogP contribution in [0.1, 0.15) is 29.2 Å². The molecule has 1 saturated heterocycles. The lowest BCUT2D eigenvalue weighted by atomic mass is 10.0. The van der Waals surface area contributed by atoms with E-state index in [0.29, 0.717) is 23.8 Å². The summed E-state index contributed by atoms with van der Waals surface area (Å²) in [4.78, 5) is 41.9. The highest BCUT2D eigenvalue weighted by Crippen LogP contribution is 2.37. The number of aromatic amines is 1. The van der Waals surface area contributed by atoms with Crippen LogP contribution < -0.4 is 15.1 Å². The zero-order chi connectivity index (χ0) is 20.8. The second-order valence-corrected chi connectivity index (χ2v) is 7.36. The van der Waals surface area contributed by atoms with Gasteiger partial charge in [-0.1, -0.05) is 0 Å². The van der Waals surface area contributed by atoms with E-state index in [1.165, 1.54) is 7.11 Å². The Morgan fingerprint density at radius 2 is 2.17 bits per heavy atom. The van der Waals surface area contributed by atoms with E-state index >= 15 is 0 Å². The van der Waals surface area contributed by atoms with E-state index < -0.39 is 5.97 Å². The lowest BCUT2D eigenvalue weighted by Gasteiger charge is -2.45. The maximum Gasteiger partial charge on any atom is 0.376 e. The summed E-state index contributed by atoms with van der Waals surface area (Å²) in [5.41, 5.74) is 2.17. The van der Waals surface area contributed by atoms with Gasteiger partial charge in [-0.3, -0.25) is 15.3 Å². The number of fused-ring (bicyclic) bond motifs is 5. The van der Waals surface area contributed by atoms with Crippen molar-refractivity contribution in [3.05, 3.63) is 29.8 Å². The van der Waals surface area contributed by atoms with Crippen LogP contribution in [0.15, 0.2) is 18.3 Å². The first-order valence-corrected chi connectivity index (χ1v) is 9.67. The van der Waals surface area contributed by atoms with Crippen molar-refractivity contribution >= 4 is 40.4 Å². The van der Waals surface area contributed by atoms with Crippen LogP contribution in [-0.2, 0) is 4.74 Å². The summed E-state index contributed by atoms with van der Waals surface area (Å²) in [5.74, 6) is 0.0564. The molecule has 0 unspecified atom stereocenters. The van der Waals surface area contributed by atoms with Crippen LogP contribution in [-0.4, -0.2) is 63.4 Å². The number of hydrogen-bond donors (Lipinski definition) is 2. The molecule has 30 heavy (non-hydrogen) atoms. The molecule has 11 nitrogen and oxygen atoms in total. The smallest absolute Gasteiger partial charge is 0.376 e. The number of amides is 2. The minimum Gasteiger partial charge on any atom is -0.463 e. The van der Waals surface area contributed by atoms with Crippen LogP contribution in [0.2, 0.25) is 0 Å². The second-order valence-electron chi connectivity index (χ2n) is 7.36. The van der Waals surface area contributed by atoms with E-state index in [2.05, 4.69) is 35.4 Å². The average molecular weight is 408 g/mol. The largest absolute Gasteiger partial charge is 0.463 e. The molecule has 0 aromatic carbocycles. The predicted octanol–water partition coefficient (Wildman–Crippen LogP) is 1.86. The van der Waals surface area contributed by atoms with Gasteiger partial charge in [0.05, 0.1) is 30.4 Å². The normalized spacial score (nSPS) is 17.6. The number of aromatic nitrogens is 5. The number of ether oxygens (including phenoxy) is 1. The number of piperidine rings is 1. The number of H-pyrrole nitrogens is 1. The van der Waals surface area contributed by atoms with Gasteiger partial charge in [-0.2, -0.15) is 5.10 Å². The molecule has 0 aliphatic carbocycles. The third-order valence-electron chi connectivity index (χ3n) is 5.46. The zero-order valence-electron chi connectivity index (χ0n) is 16.5. The van der Waals surface area contributed by atoms with E-state index in [9.17, 15) is 9.59 Å². The number of aryl methyl sites for hydroxylation is 1. The molecular weight excluding hydrogens is 388 g/mol. The molecule has 11 heteroatoms. The van der Waals surface area contributed by atoms with Crippen LogP contribution in [0.3, 0.4) is 0 Å². The van der Waals surface area contributed by atoms with Crippen LogP contribution in [0, 0.1) is 6.92 Å². The van der Waals surface area contributed by atoms with Crippen molar-refractivity contribution in [2.75, 3.05) is 35.3 Å². The van der Waals surface area contributed by atoms with Crippen LogP contribution in [0.25, 0.3) is 11.0 Å². The van der Waals surface area contributed by atoms with Gasteiger partial charge in [0.25, 0.3) is 0 Å². The van der Waals surface area contributed by atoms with E-state index in [0.717, 1.165) is 36.2 Å². The number of carbonyl (C=O) groups is 2. The molecule has 154 valence electrons. The third-order valence-corrected chi connectivity index (χ3v) is 5.46. The molecule has 3 aromatic heterocycles. The van der Waals surface area contributed by atoms with Gasteiger partial charge in [-0.25, -0.2) is 24.5 Å². The quantitative estimate of drug-likeness (QED) is 0.615. The van der Waals surface area contributed by atoms with Crippen molar-refractivity contribution in [3.63, 3.8) is 0 Å². The average Bonchev–Trinajstić information content (AvgIpc) is 3.14. The fourth-order valence-corrected chi connectivity index (χ4v) is 4.03. The van der Waals surface area contributed by atoms with Gasteiger partial charge >= 0.3 is 12.0 Å². The van der Waals surface area contributed by atoms with Gasteiger partial charge in [0, 0.05) is 18.8 Å². The lowest BCUT2D eigenvalue weighted by Crippen LogP contribution is -2.56. The minimum absolute atomic E-state index is 0.0720. The van der Waals surface area contributed by atoms with Crippen molar-refractivity contribution < 1.29 is 14.3 Å². The molecular formula is C19H20N8O3. The number of rotatable bonds is 2. The molecule has 0 saturated carbocycles. The van der Waals surface area contributed by atoms with E-state index in [4.69, 9.17) is 4.74 Å². The monoisotopic (exact) mass is 408 g/mol. The minimum atomic E-state index is -0.649. The van der Waals surface area contributed by atoms with Gasteiger partial charge in [-0.15, -0.1) is 0 Å². The van der Waals surface area contributed by atoms with Crippen LogP contribution >= 0.6 is 0 Å². The van der Waals surface area contributed by atoms with E-state index in [-0.39, 0.29) is 17.9 Å². The van der Waals surface area contributed by atoms with Crippen molar-refractivity contribution in [2.45, 2.75) is 25.8 Å². The predicted molar refractivity (Wildman–Crippen MR) is 109 cm³/mol. The standard InChI is InChI=1S/C19H20N8O3/c1-10-5-6-12-14(21-10)24-25-15(12)23-19(29)27-11-4-3-7-26(9-11)13-8-20-16(18(28)30-2)22-17(13)27/h5-6,8,11H,3-4,7,9H2,1-2H3,(H2,21,23,24,25,29)/t11-/m0/s1. The van der Waals surface area contributed by atoms with Crippen LogP contribution in [0.5, 0.6) is 0 Å². The highest BCUT2D eigenvalue weighted by atomic mass is 16.5. The Bertz CT molecular complexity index is 1160. The van der Waals surface area contributed by atoms with Gasteiger partial charge in [0.1, 0.15) is 0 Å². The first kappa shape index (κ1) is 18.3. The van der Waals surface area contributed by atoms with Gasteiger partial charge in [-0.05, 0) is 31.9 Å². The van der Waals surface area contributed by atoms with Crippen LogP contribution in [0.4, 0.5) is 22.1 Å². The molecule has 2 N–H and O–H groups in total. The summed E-state index contributed by atoms with van der Waals surface area (Å²) in [6.07, 6.45) is 3.36. The SMILES string of the molecule is COC(=O)c1ncc2c(n1)N(C(=O)Nc1n[nH]c3nc(C)ccc13)[C@H]1CCCN2C1. The molecule has 3 aromatic rings. The number of nitrogens with one attached hydrogen (secondary N) is 2. The maximum absolute atomic E-state index is 13.3. The molecule has 5 rings (SSSR count). The van der Waals surface area contributed by atoms with Crippen molar-refractivity contribution in [3.8, 4) is 0 Å². The molecule has 1 fully saturated rings. The molecule has 1 atom stereocenters. The number of methoxy groups -OCH3 is 1. The number of nitrogens with zero attached hydrogens (tertiary/aromatic N) is 6. The Balaban J connectivity index is 1.53. The lowest BCUT2D eigenvalue weighted by molar-refractivity contribution is 0.0586. The summed E-state index contributed by atoms with van der Waals surface area (Å²) in [7, 11) is 1.27. The van der Waals surface area contributed by atoms with Gasteiger partial charge in [0.2, 0.25) is 5.82 Å². The third kappa shape index (κ3) is 2.90. The Kier molecular flexibility index (Phi) is 4.23.